The van der Waals surface area contributed by atoms with E-state index >= 15 is 0 Å². The number of methoxy groups -OCH3 is 1. The lowest BCUT2D eigenvalue weighted by Crippen LogP contribution is -2.26. The van der Waals surface area contributed by atoms with E-state index < -0.39 is 39.1 Å². The molecule has 8 nitrogen and oxygen atoms in total. The van der Waals surface area contributed by atoms with Gasteiger partial charge in [0.05, 0.1) is 29.7 Å². The molecule has 13 heteroatoms. The van der Waals surface area contributed by atoms with Crippen molar-refractivity contribution in [3.63, 3.8) is 0 Å². The van der Waals surface area contributed by atoms with Crippen LogP contribution in [0.5, 0.6) is 17.4 Å². The van der Waals surface area contributed by atoms with Crippen molar-refractivity contribution in [2.45, 2.75) is 12.6 Å². The molecule has 1 aromatic heterocycles. The number of benzene rings is 1. The Hall–Kier alpha value is -3.38. The minimum atomic E-state index is -4.76. The second-order valence-corrected chi connectivity index (χ2v) is 9.03. The Morgan fingerprint density at radius 3 is 2.62 bits per heavy atom. The summed E-state index contributed by atoms with van der Waals surface area (Å²) in [5.74, 6) is -0.932. The monoisotopic (exact) mass is 515 g/mol. The van der Waals surface area contributed by atoms with Crippen molar-refractivity contribution in [1.29, 1.82) is 0 Å². The first-order valence-corrected chi connectivity index (χ1v) is 11.6. The zero-order valence-corrected chi connectivity index (χ0v) is 19.3. The van der Waals surface area contributed by atoms with E-state index in [2.05, 4.69) is 14.7 Å². The number of hydrogen-bond donors (Lipinski definition) is 1. The van der Waals surface area contributed by atoms with E-state index in [4.69, 9.17) is 21.1 Å². The zero-order valence-electron chi connectivity index (χ0n) is 17.7. The highest BCUT2D eigenvalue weighted by molar-refractivity contribution is 7.89. The number of sulfonamides is 1. The average molecular weight is 516 g/mol. The van der Waals surface area contributed by atoms with Crippen LogP contribution >= 0.6 is 11.6 Å². The quantitative estimate of drug-likeness (QED) is 0.606. The molecule has 0 saturated heterocycles. The molecule has 1 aliphatic rings. The van der Waals surface area contributed by atoms with E-state index in [0.717, 1.165) is 6.26 Å². The lowest BCUT2D eigenvalue weighted by molar-refractivity contribution is -0.137. The van der Waals surface area contributed by atoms with Crippen molar-refractivity contribution in [1.82, 2.24) is 10.3 Å². The van der Waals surface area contributed by atoms with Gasteiger partial charge in [-0.05, 0) is 30.4 Å². The summed E-state index contributed by atoms with van der Waals surface area (Å²) in [7, 11) is -2.26. The number of halogens is 4. The molecule has 0 aliphatic heterocycles. The molecule has 0 saturated carbocycles. The Kier molecular flexibility index (Phi) is 7.32. The molecule has 0 spiro atoms. The first-order valence-electron chi connectivity index (χ1n) is 9.42. The third kappa shape index (κ3) is 6.58. The Morgan fingerprint density at radius 2 is 2.00 bits per heavy atom. The zero-order chi connectivity index (χ0) is 25.1. The number of alkyl halides is 3. The number of pyridine rings is 1. The van der Waals surface area contributed by atoms with E-state index in [1.165, 1.54) is 43.5 Å². The lowest BCUT2D eigenvalue weighted by atomic mass is 10.1. The number of aromatic nitrogens is 1. The SMILES string of the molecule is COc1ccc(Oc2ncc(C(F)(F)F)cc2C(=O)NC2=CC=CC(=NS(C)(=O)=O)C2)c(Cl)c1. The summed E-state index contributed by atoms with van der Waals surface area (Å²) in [5, 5.41) is 2.52. The fourth-order valence-corrected chi connectivity index (χ4v) is 3.57. The number of ether oxygens (including phenoxy) is 2. The second kappa shape index (κ2) is 9.85. The number of nitrogens with zero attached hydrogens (tertiary/aromatic N) is 2. The molecule has 0 atom stereocenters. The molecule has 1 N–H and O–H groups in total. The average Bonchev–Trinajstić information content (AvgIpc) is 2.73. The van der Waals surface area contributed by atoms with Crippen LogP contribution in [0.25, 0.3) is 0 Å². The predicted octanol–water partition coefficient (Wildman–Crippen LogP) is 4.53. The van der Waals surface area contributed by atoms with E-state index in [0.29, 0.717) is 18.0 Å². The van der Waals surface area contributed by atoms with Crippen LogP contribution in [-0.4, -0.2) is 38.4 Å². The van der Waals surface area contributed by atoms with Crippen LogP contribution in [0.4, 0.5) is 13.2 Å². The van der Waals surface area contributed by atoms with Crippen LogP contribution in [0.15, 0.2) is 58.8 Å². The van der Waals surface area contributed by atoms with E-state index in [1.54, 1.807) is 0 Å². The maximum Gasteiger partial charge on any atom is 0.417 e. The van der Waals surface area contributed by atoms with Gasteiger partial charge in [0, 0.05) is 24.4 Å². The minimum Gasteiger partial charge on any atom is -0.497 e. The van der Waals surface area contributed by atoms with Crippen molar-refractivity contribution in [3.05, 3.63) is 70.5 Å². The Bertz CT molecular complexity index is 1320. The molecule has 1 heterocycles. The molecule has 1 aliphatic carbocycles. The number of carbonyl (C=O) groups excluding carboxylic acids is 1. The number of allylic oxidation sites excluding steroid dienone is 4. The lowest BCUT2D eigenvalue weighted by Gasteiger charge is -2.16. The van der Waals surface area contributed by atoms with Gasteiger partial charge in [-0.2, -0.15) is 17.6 Å². The van der Waals surface area contributed by atoms with Crippen molar-refractivity contribution >= 4 is 33.2 Å². The van der Waals surface area contributed by atoms with Gasteiger partial charge in [-0.15, -0.1) is 0 Å². The molecule has 0 unspecified atom stereocenters. The van der Waals surface area contributed by atoms with Gasteiger partial charge >= 0.3 is 6.18 Å². The predicted molar refractivity (Wildman–Crippen MR) is 119 cm³/mol. The third-order valence-electron chi connectivity index (χ3n) is 4.28. The Balaban J connectivity index is 1.93. The van der Waals surface area contributed by atoms with Gasteiger partial charge < -0.3 is 14.8 Å². The molecule has 180 valence electrons. The fraction of sp³-hybridized carbons (Fsp3) is 0.190. The first-order chi connectivity index (χ1) is 15.9. The highest BCUT2D eigenvalue weighted by Gasteiger charge is 2.33. The number of nitrogens with one attached hydrogen (secondary N) is 1. The maximum absolute atomic E-state index is 13.3. The number of rotatable bonds is 6. The normalized spacial score (nSPS) is 15.1. The fourth-order valence-electron chi connectivity index (χ4n) is 2.81. The molecular formula is C21H17ClF3N3O5S. The molecular weight excluding hydrogens is 499 g/mol. The third-order valence-corrected chi connectivity index (χ3v) is 5.15. The summed E-state index contributed by atoms with van der Waals surface area (Å²) in [4.78, 5) is 16.6. The van der Waals surface area contributed by atoms with Crippen LogP contribution in [0.1, 0.15) is 22.3 Å². The van der Waals surface area contributed by atoms with Gasteiger partial charge in [0.25, 0.3) is 5.91 Å². The maximum atomic E-state index is 13.3. The summed E-state index contributed by atoms with van der Waals surface area (Å²) >= 11 is 6.13. The van der Waals surface area contributed by atoms with Gasteiger partial charge in [-0.3, -0.25) is 4.79 Å². The number of carbonyl (C=O) groups is 1. The van der Waals surface area contributed by atoms with E-state index in [-0.39, 0.29) is 28.6 Å². The van der Waals surface area contributed by atoms with Gasteiger partial charge in [0.1, 0.15) is 17.1 Å². The summed E-state index contributed by atoms with van der Waals surface area (Å²) in [5.41, 5.74) is -1.33. The van der Waals surface area contributed by atoms with Crippen LogP contribution in [-0.2, 0) is 16.2 Å². The van der Waals surface area contributed by atoms with E-state index in [9.17, 15) is 26.4 Å². The van der Waals surface area contributed by atoms with Gasteiger partial charge in [-0.1, -0.05) is 17.7 Å². The highest BCUT2D eigenvalue weighted by atomic mass is 35.5. The standard InChI is InChI=1S/C21H17ClF3N3O5S/c1-32-15-6-7-18(17(22)10-15)33-20-16(8-12(11-26-20)21(23,24)25)19(29)27-13-4-3-5-14(9-13)28-34(2,30)31/h3-8,10-11H,9H2,1-2H3,(H,27,29). The molecule has 2 aromatic rings. The molecule has 34 heavy (non-hydrogen) atoms. The molecule has 1 amide bonds. The Labute approximate surface area is 197 Å². The Morgan fingerprint density at radius 1 is 1.26 bits per heavy atom. The molecule has 1 aromatic carbocycles. The summed E-state index contributed by atoms with van der Waals surface area (Å²) in [6.45, 7) is 0. The van der Waals surface area contributed by atoms with Crippen LogP contribution in [0, 0.1) is 0 Å². The largest absolute Gasteiger partial charge is 0.497 e. The summed E-state index contributed by atoms with van der Waals surface area (Å²) in [6.07, 6.45) is 0.949. The molecule has 0 bridgehead atoms. The molecule has 3 rings (SSSR count). The first kappa shape index (κ1) is 25.2. The van der Waals surface area contributed by atoms with Crippen molar-refractivity contribution in [3.8, 4) is 17.4 Å². The van der Waals surface area contributed by atoms with Gasteiger partial charge in [-0.25, -0.2) is 13.4 Å². The molecule has 0 radical (unpaired) electrons. The van der Waals surface area contributed by atoms with Crippen molar-refractivity contribution in [2.24, 2.45) is 4.40 Å². The smallest absolute Gasteiger partial charge is 0.417 e. The topological polar surface area (TPSA) is 107 Å². The van der Waals surface area contributed by atoms with Crippen molar-refractivity contribution in [2.75, 3.05) is 13.4 Å². The number of amides is 1. The second-order valence-electron chi connectivity index (χ2n) is 6.97. The van der Waals surface area contributed by atoms with Crippen LogP contribution in [0.2, 0.25) is 5.02 Å². The number of hydrogen-bond acceptors (Lipinski definition) is 6. The van der Waals surface area contributed by atoms with Gasteiger partial charge in [0.2, 0.25) is 15.9 Å². The van der Waals surface area contributed by atoms with Crippen LogP contribution < -0.4 is 14.8 Å². The van der Waals surface area contributed by atoms with Crippen LogP contribution in [0.3, 0.4) is 0 Å². The summed E-state index contributed by atoms with van der Waals surface area (Å²) in [6, 6.07) is 4.93. The summed E-state index contributed by atoms with van der Waals surface area (Å²) < 4.78 is 76.7. The van der Waals surface area contributed by atoms with Crippen molar-refractivity contribution < 1.29 is 35.9 Å². The minimum absolute atomic E-state index is 0.0335. The highest BCUT2D eigenvalue weighted by Crippen LogP contribution is 2.35. The van der Waals surface area contributed by atoms with E-state index in [1.807, 2.05) is 0 Å². The molecule has 0 fully saturated rings. The van der Waals surface area contributed by atoms with Gasteiger partial charge in [0.15, 0.2) is 0 Å².